The Morgan fingerprint density at radius 1 is 0.404 bits per heavy atom. The van der Waals surface area contributed by atoms with Gasteiger partial charge in [0.25, 0.3) is 16.6 Å². The molecule has 0 aliphatic carbocycles. The molecule has 0 saturated heterocycles. The maximum Gasteiger partial charge on any atom is 0.408 e. The number of benzene rings is 6. The van der Waals surface area contributed by atoms with Crippen LogP contribution < -0.4 is 31.1 Å². The summed E-state index contributed by atoms with van der Waals surface area (Å²) in [6.07, 6.45) is 3.57. The van der Waals surface area contributed by atoms with Crippen LogP contribution >= 0.6 is 0 Å². The van der Waals surface area contributed by atoms with Crippen LogP contribution in [-0.4, -0.2) is 50.6 Å². The predicted octanol–water partition coefficient (Wildman–Crippen LogP) is 7.74. The molecule has 6 aromatic rings. The highest BCUT2D eigenvalue weighted by atomic mass is 28.4. The average molecular weight is 805 g/mol. The third kappa shape index (κ3) is 8.16. The van der Waals surface area contributed by atoms with Crippen molar-refractivity contribution in [3.63, 3.8) is 0 Å². The van der Waals surface area contributed by atoms with Crippen molar-refractivity contribution in [2.24, 2.45) is 0 Å². The zero-order chi connectivity index (χ0) is 40.0. The normalized spacial score (nSPS) is 17.5. The van der Waals surface area contributed by atoms with Crippen molar-refractivity contribution in [3.05, 3.63) is 194 Å². The molecule has 1 heterocycles. The molecule has 7 rings (SSSR count). The monoisotopic (exact) mass is 804 g/mol. The first kappa shape index (κ1) is 40.7. The van der Waals surface area contributed by atoms with E-state index in [0.29, 0.717) is 13.2 Å². The molecule has 6 aromatic carbocycles. The van der Waals surface area contributed by atoms with Gasteiger partial charge in [0.05, 0.1) is 25.4 Å². The zero-order valence-electron chi connectivity index (χ0n) is 34.2. The van der Waals surface area contributed by atoms with E-state index in [4.69, 9.17) is 17.7 Å². The summed E-state index contributed by atoms with van der Waals surface area (Å²) in [4.78, 5) is 0. The molecule has 0 saturated carbocycles. The fourth-order valence-corrected chi connectivity index (χ4v) is 21.1. The van der Waals surface area contributed by atoms with Gasteiger partial charge in [0.1, 0.15) is 0 Å². The summed E-state index contributed by atoms with van der Waals surface area (Å²) in [5.41, 5.74) is 0. The van der Waals surface area contributed by atoms with E-state index in [1.54, 1.807) is 0 Å². The van der Waals surface area contributed by atoms with E-state index >= 15 is 0 Å². The predicted molar refractivity (Wildman–Crippen MR) is 244 cm³/mol. The van der Waals surface area contributed by atoms with Crippen LogP contribution in [0.3, 0.4) is 0 Å². The first-order chi connectivity index (χ1) is 27.5. The highest BCUT2D eigenvalue weighted by Gasteiger charge is 2.54. The van der Waals surface area contributed by atoms with Gasteiger partial charge in [0.2, 0.25) is 0 Å². The Balaban J connectivity index is 1.33. The highest BCUT2D eigenvalue weighted by Crippen LogP contribution is 2.39. The van der Waals surface area contributed by atoms with Gasteiger partial charge < -0.3 is 17.7 Å². The second-order valence-corrected chi connectivity index (χ2v) is 28.5. The lowest BCUT2D eigenvalue weighted by molar-refractivity contribution is 0.0912. The van der Waals surface area contributed by atoms with Gasteiger partial charge in [-0.2, -0.15) is 0 Å². The Labute approximate surface area is 343 Å². The molecule has 0 N–H and O–H groups in total. The molecule has 57 heavy (non-hydrogen) atoms. The van der Waals surface area contributed by atoms with E-state index in [1.165, 1.54) is 20.7 Å². The van der Waals surface area contributed by atoms with Gasteiger partial charge >= 0.3 is 8.56 Å². The molecule has 0 bridgehead atoms. The minimum absolute atomic E-state index is 0.180. The van der Waals surface area contributed by atoms with Crippen LogP contribution in [-0.2, 0) is 17.7 Å². The molecule has 0 spiro atoms. The standard InChI is InChI=1S/C50H56O4Si3/c1-49(2,3)55(43-25-13-7-14-26-43,44-27-15-8-16-28-44)51-39-41-37-38-42(54-57(53-41,47-33-21-11-22-34-47)48-35-23-12-24-36-48)40-52-56(50(4,5)6,45-29-17-9-18-30-45)46-31-19-10-20-32-46/h7-38,41-42H,39-40H2,1-6H3/t41-,42-/m0/s1. The molecule has 292 valence electrons. The maximum atomic E-state index is 7.54. The smallest absolute Gasteiger partial charge is 0.404 e. The van der Waals surface area contributed by atoms with Crippen molar-refractivity contribution in [1.82, 2.24) is 0 Å². The summed E-state index contributed by atoms with van der Waals surface area (Å²) in [7, 11) is -9.14. The van der Waals surface area contributed by atoms with Crippen LogP contribution in [0.15, 0.2) is 194 Å². The summed E-state index contributed by atoms with van der Waals surface area (Å²) >= 11 is 0. The summed E-state index contributed by atoms with van der Waals surface area (Å²) in [6.45, 7) is 14.6. The van der Waals surface area contributed by atoms with Crippen LogP contribution in [0.25, 0.3) is 0 Å². The second-order valence-electron chi connectivity index (χ2n) is 17.0. The van der Waals surface area contributed by atoms with Crippen molar-refractivity contribution >= 4 is 56.3 Å². The molecule has 0 fully saturated rings. The van der Waals surface area contributed by atoms with Gasteiger partial charge in [0, 0.05) is 0 Å². The SMILES string of the molecule is CC(C)(C)[Si](OC[C@@H]1C=C[C@@H](CO[Si](c2ccccc2)(c2ccccc2)C(C)(C)C)O[Si](c2ccccc2)(c2ccccc2)O1)(c1ccccc1)c1ccccc1. The fraction of sp³-hybridized carbons (Fsp3) is 0.240. The summed E-state index contributed by atoms with van der Waals surface area (Å²) in [6, 6.07) is 64.3. The molecular formula is C50H56O4Si3. The van der Waals surface area contributed by atoms with Gasteiger partial charge in [-0.25, -0.2) is 0 Å². The van der Waals surface area contributed by atoms with Gasteiger partial charge in [-0.3, -0.25) is 0 Å². The third-order valence-corrected chi connectivity index (χ3v) is 24.7. The first-order valence-electron chi connectivity index (χ1n) is 20.1. The van der Waals surface area contributed by atoms with Gasteiger partial charge in [0.15, 0.2) is 0 Å². The Morgan fingerprint density at radius 2 is 0.649 bits per heavy atom. The minimum Gasteiger partial charge on any atom is -0.404 e. The van der Waals surface area contributed by atoms with E-state index in [-0.39, 0.29) is 10.1 Å². The molecule has 0 amide bonds. The second kappa shape index (κ2) is 17.2. The molecule has 0 unspecified atom stereocenters. The van der Waals surface area contributed by atoms with Crippen LogP contribution in [0.2, 0.25) is 10.1 Å². The maximum absolute atomic E-state index is 7.54. The van der Waals surface area contributed by atoms with Crippen LogP contribution in [0, 0.1) is 0 Å². The van der Waals surface area contributed by atoms with Crippen molar-refractivity contribution in [2.75, 3.05) is 13.2 Å². The molecule has 0 aromatic heterocycles. The fourth-order valence-electron chi connectivity index (χ4n) is 8.65. The van der Waals surface area contributed by atoms with Crippen LogP contribution in [0.1, 0.15) is 41.5 Å². The number of rotatable bonds is 12. The van der Waals surface area contributed by atoms with Crippen LogP contribution in [0.4, 0.5) is 0 Å². The Hall–Kier alpha value is -4.45. The Bertz CT molecular complexity index is 1930. The molecule has 7 heteroatoms. The van der Waals surface area contributed by atoms with E-state index in [9.17, 15) is 0 Å². The molecule has 2 atom stereocenters. The summed E-state index contributed by atoms with van der Waals surface area (Å²) in [5.74, 6) is 0. The number of hydrogen-bond donors (Lipinski definition) is 0. The van der Waals surface area contributed by atoms with Gasteiger partial charge in [-0.05, 0) is 41.2 Å². The highest BCUT2D eigenvalue weighted by molar-refractivity contribution is 7.00. The lowest BCUT2D eigenvalue weighted by atomic mass is 10.2. The van der Waals surface area contributed by atoms with Crippen molar-refractivity contribution in [1.29, 1.82) is 0 Å². The van der Waals surface area contributed by atoms with E-state index in [1.807, 2.05) is 0 Å². The van der Waals surface area contributed by atoms with Gasteiger partial charge in [-0.1, -0.05) is 236 Å². The van der Waals surface area contributed by atoms with Crippen LogP contribution in [0.5, 0.6) is 0 Å². The first-order valence-corrected chi connectivity index (χ1v) is 25.8. The lowest BCUT2D eigenvalue weighted by Gasteiger charge is -2.44. The van der Waals surface area contributed by atoms with Crippen molar-refractivity contribution < 1.29 is 17.7 Å². The molecule has 4 nitrogen and oxygen atoms in total. The minimum atomic E-state index is -3.40. The largest absolute Gasteiger partial charge is 0.408 e. The topological polar surface area (TPSA) is 36.9 Å². The van der Waals surface area contributed by atoms with E-state index < -0.39 is 37.4 Å². The number of hydrogen-bond acceptors (Lipinski definition) is 4. The average Bonchev–Trinajstić information content (AvgIpc) is 3.43. The van der Waals surface area contributed by atoms with Crippen molar-refractivity contribution in [3.8, 4) is 0 Å². The van der Waals surface area contributed by atoms with E-state index in [2.05, 4.69) is 236 Å². The molecule has 1 aliphatic heterocycles. The van der Waals surface area contributed by atoms with Crippen molar-refractivity contribution in [2.45, 2.75) is 63.8 Å². The summed E-state index contributed by atoms with van der Waals surface area (Å²) < 4.78 is 30.1. The summed E-state index contributed by atoms with van der Waals surface area (Å²) in [5, 5.41) is 6.69. The van der Waals surface area contributed by atoms with E-state index in [0.717, 1.165) is 10.4 Å². The molecule has 0 radical (unpaired) electrons. The Kier molecular flexibility index (Phi) is 12.3. The third-order valence-electron chi connectivity index (χ3n) is 11.2. The Morgan fingerprint density at radius 3 is 0.895 bits per heavy atom. The molecular weight excluding hydrogens is 749 g/mol. The van der Waals surface area contributed by atoms with Gasteiger partial charge in [-0.15, -0.1) is 0 Å². The molecule has 1 aliphatic rings. The lowest BCUT2D eigenvalue weighted by Crippen LogP contribution is -2.69. The zero-order valence-corrected chi connectivity index (χ0v) is 37.2. The quantitative estimate of drug-likeness (QED) is 0.0938.